The average molecular weight is 426 g/mol. The molecule has 1 fully saturated rings. The average Bonchev–Trinajstić information content (AvgIpc) is 3.14. The number of carbonyl (C=O) groups is 1. The van der Waals surface area contributed by atoms with Gasteiger partial charge in [0.25, 0.3) is 11.5 Å². The lowest BCUT2D eigenvalue weighted by molar-refractivity contribution is 0.0953. The van der Waals surface area contributed by atoms with Crippen molar-refractivity contribution in [3.05, 3.63) is 63.7 Å². The van der Waals surface area contributed by atoms with Crippen LogP contribution in [0.3, 0.4) is 0 Å². The molecule has 0 bridgehead atoms. The summed E-state index contributed by atoms with van der Waals surface area (Å²) in [4.78, 5) is 35.1. The second-order valence-corrected chi connectivity index (χ2v) is 7.97. The van der Waals surface area contributed by atoms with Gasteiger partial charge in [-0.15, -0.1) is 0 Å². The Kier molecular flexibility index (Phi) is 5.77. The third-order valence-electron chi connectivity index (χ3n) is 5.90. The minimum Gasteiger partial charge on any atom is -0.367 e. The fourth-order valence-electron chi connectivity index (χ4n) is 4.09. The number of nitrogens with one attached hydrogen (secondary N) is 2. The number of rotatable bonds is 5. The number of pyridine rings is 1. The number of aromatic amines is 1. The van der Waals surface area contributed by atoms with Crippen LogP contribution < -0.4 is 15.8 Å². The molecule has 2 N–H and O–H groups in total. The summed E-state index contributed by atoms with van der Waals surface area (Å²) in [5, 5.41) is 2.39. The van der Waals surface area contributed by atoms with Crippen LogP contribution >= 0.6 is 0 Å². The van der Waals surface area contributed by atoms with Crippen molar-refractivity contribution < 1.29 is 9.18 Å². The van der Waals surface area contributed by atoms with Gasteiger partial charge in [0.05, 0.1) is 11.9 Å². The van der Waals surface area contributed by atoms with Crippen molar-refractivity contribution >= 4 is 17.2 Å². The number of hydrogen-bond donors (Lipinski definition) is 2. The number of hydrogen-bond acceptors (Lipinski definition) is 5. The highest BCUT2D eigenvalue weighted by Crippen LogP contribution is 2.22. The topological polar surface area (TPSA) is 85.7 Å². The quantitative estimate of drug-likeness (QED) is 0.650. The zero-order chi connectivity index (χ0) is 22.1. The summed E-state index contributed by atoms with van der Waals surface area (Å²) in [6.45, 7) is 7.14. The summed E-state index contributed by atoms with van der Waals surface area (Å²) in [6.07, 6.45) is 6.19. The molecule has 0 saturated carbocycles. The summed E-state index contributed by atoms with van der Waals surface area (Å²) >= 11 is 0. The predicted octanol–water partition coefficient (Wildman–Crippen LogP) is 1.79. The number of carbonyl (C=O) groups excluding carboxylic acids is 1. The number of aryl methyl sites for hydroxylation is 1. The van der Waals surface area contributed by atoms with E-state index in [4.69, 9.17) is 0 Å². The van der Waals surface area contributed by atoms with Crippen LogP contribution in [0.1, 0.15) is 35.5 Å². The molecule has 0 aliphatic carbocycles. The predicted molar refractivity (Wildman–Crippen MR) is 117 cm³/mol. The molecule has 1 atom stereocenters. The Morgan fingerprint density at radius 1 is 1.32 bits per heavy atom. The lowest BCUT2D eigenvalue weighted by atomic mass is 10.1. The molecule has 0 spiro atoms. The summed E-state index contributed by atoms with van der Waals surface area (Å²) in [5.74, 6) is -1.15. The summed E-state index contributed by atoms with van der Waals surface area (Å²) in [6, 6.07) is 3.63. The Bertz CT molecular complexity index is 1170. The van der Waals surface area contributed by atoms with Crippen LogP contribution in [0.4, 0.5) is 10.1 Å². The van der Waals surface area contributed by atoms with E-state index >= 15 is 0 Å². The van der Waals surface area contributed by atoms with Gasteiger partial charge >= 0.3 is 0 Å². The molecule has 1 aliphatic rings. The lowest BCUT2D eigenvalue weighted by Crippen LogP contribution is -2.51. The van der Waals surface area contributed by atoms with Gasteiger partial charge in [0.1, 0.15) is 5.65 Å². The molecule has 31 heavy (non-hydrogen) atoms. The molecule has 3 aromatic rings. The fraction of sp³-hybridized carbons (Fsp3) is 0.409. The number of nitrogens with zero attached hydrogens (tertiary/aromatic N) is 4. The van der Waals surface area contributed by atoms with E-state index in [1.54, 1.807) is 6.20 Å². The van der Waals surface area contributed by atoms with Gasteiger partial charge in [-0.2, -0.15) is 0 Å². The number of anilines is 1. The highest BCUT2D eigenvalue weighted by Gasteiger charge is 2.25. The van der Waals surface area contributed by atoms with E-state index in [9.17, 15) is 14.0 Å². The molecular formula is C22H27FN6O2. The van der Waals surface area contributed by atoms with E-state index in [2.05, 4.69) is 38.2 Å². The van der Waals surface area contributed by atoms with Crippen LogP contribution in [0.15, 0.2) is 35.5 Å². The number of fused-ring (bicyclic) bond motifs is 1. The standard InChI is InChI=1S/C22H27FN6O2/c1-4-16-13-29-12-15(7-19(29)26-21(16)30)11-27-5-6-28(10-14(27)2)17-8-18(23)20(25-9-17)22(31)24-3/h7-9,12-14H,4-6,10-11H2,1-3H3,(H,24,31)(H,26,30). The van der Waals surface area contributed by atoms with Gasteiger partial charge < -0.3 is 19.6 Å². The molecule has 1 aliphatic heterocycles. The largest absolute Gasteiger partial charge is 0.367 e. The minimum absolute atomic E-state index is 0.0371. The van der Waals surface area contributed by atoms with Crippen molar-refractivity contribution in [2.45, 2.75) is 32.9 Å². The van der Waals surface area contributed by atoms with Gasteiger partial charge in [0.15, 0.2) is 11.5 Å². The smallest absolute Gasteiger partial charge is 0.272 e. The lowest BCUT2D eigenvalue weighted by Gasteiger charge is -2.40. The fourth-order valence-corrected chi connectivity index (χ4v) is 4.09. The van der Waals surface area contributed by atoms with Gasteiger partial charge in [-0.05, 0) is 25.0 Å². The second kappa shape index (κ2) is 8.50. The first-order chi connectivity index (χ1) is 14.9. The van der Waals surface area contributed by atoms with Crippen LogP contribution in [0, 0.1) is 5.82 Å². The molecule has 164 valence electrons. The number of amides is 1. The van der Waals surface area contributed by atoms with E-state index in [0.717, 1.165) is 43.0 Å². The molecule has 3 aromatic heterocycles. The Morgan fingerprint density at radius 2 is 2.13 bits per heavy atom. The Morgan fingerprint density at radius 3 is 2.81 bits per heavy atom. The third kappa shape index (κ3) is 4.18. The van der Waals surface area contributed by atoms with Crippen molar-refractivity contribution in [1.29, 1.82) is 0 Å². The van der Waals surface area contributed by atoms with Crippen LogP contribution in [0.2, 0.25) is 0 Å². The van der Waals surface area contributed by atoms with E-state index in [-0.39, 0.29) is 17.3 Å². The molecule has 1 amide bonds. The number of H-pyrrole nitrogens is 1. The molecule has 0 aromatic carbocycles. The van der Waals surface area contributed by atoms with Crippen LogP contribution in [0.5, 0.6) is 0 Å². The number of aromatic nitrogens is 3. The summed E-state index contributed by atoms with van der Waals surface area (Å²) in [5.41, 5.74) is 3.14. The van der Waals surface area contributed by atoms with Gasteiger partial charge in [0.2, 0.25) is 0 Å². The Labute approximate surface area is 179 Å². The highest BCUT2D eigenvalue weighted by atomic mass is 19.1. The van der Waals surface area contributed by atoms with E-state index in [1.807, 2.05) is 23.6 Å². The van der Waals surface area contributed by atoms with Crippen LogP contribution in [-0.4, -0.2) is 57.9 Å². The molecule has 8 nitrogen and oxygen atoms in total. The minimum atomic E-state index is -0.618. The first-order valence-electron chi connectivity index (χ1n) is 10.5. The molecule has 0 radical (unpaired) electrons. The van der Waals surface area contributed by atoms with Gasteiger partial charge in [-0.25, -0.2) is 9.37 Å². The van der Waals surface area contributed by atoms with E-state index in [1.165, 1.54) is 13.1 Å². The molecule has 4 heterocycles. The first kappa shape index (κ1) is 21.0. The zero-order valence-electron chi connectivity index (χ0n) is 18.0. The van der Waals surface area contributed by atoms with Gasteiger partial charge in [0, 0.05) is 63.3 Å². The maximum atomic E-state index is 14.3. The van der Waals surface area contributed by atoms with Crippen molar-refractivity contribution in [3.8, 4) is 0 Å². The molecular weight excluding hydrogens is 399 g/mol. The molecule has 9 heteroatoms. The van der Waals surface area contributed by atoms with Crippen molar-refractivity contribution in [1.82, 2.24) is 24.6 Å². The van der Waals surface area contributed by atoms with E-state index in [0.29, 0.717) is 12.1 Å². The maximum absolute atomic E-state index is 14.3. The Balaban J connectivity index is 1.45. The Hall–Kier alpha value is -3.20. The zero-order valence-corrected chi connectivity index (χ0v) is 18.0. The molecule has 1 unspecified atom stereocenters. The molecule has 1 saturated heterocycles. The SMILES string of the molecule is CCc1cn2cc(CN3CCN(c4cnc(C(=O)NC)c(F)c4)CC3C)cc2[nH]c1=O. The van der Waals surface area contributed by atoms with Crippen LogP contribution in [-0.2, 0) is 13.0 Å². The monoisotopic (exact) mass is 426 g/mol. The van der Waals surface area contributed by atoms with E-state index < -0.39 is 11.7 Å². The maximum Gasteiger partial charge on any atom is 0.272 e. The van der Waals surface area contributed by atoms with Crippen molar-refractivity contribution in [2.24, 2.45) is 0 Å². The first-order valence-corrected chi connectivity index (χ1v) is 10.5. The molecule has 4 rings (SSSR count). The number of piperazine rings is 1. The highest BCUT2D eigenvalue weighted by molar-refractivity contribution is 5.92. The number of halogens is 1. The summed E-state index contributed by atoms with van der Waals surface area (Å²) < 4.78 is 16.3. The van der Waals surface area contributed by atoms with Gasteiger partial charge in [-0.1, -0.05) is 6.92 Å². The summed E-state index contributed by atoms with van der Waals surface area (Å²) in [7, 11) is 1.45. The van der Waals surface area contributed by atoms with Crippen molar-refractivity contribution in [3.63, 3.8) is 0 Å². The van der Waals surface area contributed by atoms with Crippen LogP contribution in [0.25, 0.3) is 5.65 Å². The normalized spacial score (nSPS) is 17.3. The van der Waals surface area contributed by atoms with Gasteiger partial charge in [-0.3, -0.25) is 14.5 Å². The van der Waals surface area contributed by atoms with Crippen molar-refractivity contribution in [2.75, 3.05) is 31.6 Å². The second-order valence-electron chi connectivity index (χ2n) is 7.97. The third-order valence-corrected chi connectivity index (χ3v) is 5.90.